The van der Waals surface area contributed by atoms with Gasteiger partial charge in [0.05, 0.1) is 5.56 Å². The number of benzene rings is 2. The lowest BCUT2D eigenvalue weighted by Gasteiger charge is -2.21. The fraction of sp³-hybridized carbons (Fsp3) is 0.286. The van der Waals surface area contributed by atoms with Gasteiger partial charge >= 0.3 is 5.97 Å². The molecule has 0 radical (unpaired) electrons. The van der Waals surface area contributed by atoms with Gasteiger partial charge in [-0.05, 0) is 30.7 Å². The summed E-state index contributed by atoms with van der Waals surface area (Å²) in [7, 11) is 3.24. The van der Waals surface area contributed by atoms with E-state index < -0.39 is 12.1 Å². The molecule has 1 heterocycles. The van der Waals surface area contributed by atoms with Crippen molar-refractivity contribution in [1.82, 2.24) is 4.90 Å². The van der Waals surface area contributed by atoms with Gasteiger partial charge in [-0.15, -0.1) is 0 Å². The number of carbonyl (C=O) groups is 3. The van der Waals surface area contributed by atoms with Crippen LogP contribution in [0.4, 0.5) is 5.69 Å². The highest BCUT2D eigenvalue weighted by molar-refractivity contribution is 5.97. The van der Waals surface area contributed by atoms with Crippen molar-refractivity contribution in [3.05, 3.63) is 65.7 Å². The molecule has 0 aromatic heterocycles. The summed E-state index contributed by atoms with van der Waals surface area (Å²) in [6.07, 6.45) is 0.386. The molecule has 1 saturated heterocycles. The maximum Gasteiger partial charge on any atom is 0.339 e. The maximum atomic E-state index is 12.6. The largest absolute Gasteiger partial charge is 0.444 e. The number of likely N-dealkylation sites (N-methyl/N-ethyl adjacent to an activating group) is 1. The van der Waals surface area contributed by atoms with Crippen LogP contribution in [-0.2, 0) is 14.3 Å². The van der Waals surface area contributed by atoms with Crippen molar-refractivity contribution in [2.75, 3.05) is 25.5 Å². The Morgan fingerprint density at radius 1 is 1.04 bits per heavy atom. The van der Waals surface area contributed by atoms with Crippen molar-refractivity contribution in [2.45, 2.75) is 18.9 Å². The first-order valence-electron chi connectivity index (χ1n) is 8.85. The second-order valence-electron chi connectivity index (χ2n) is 6.62. The van der Waals surface area contributed by atoms with E-state index in [-0.39, 0.29) is 11.8 Å². The van der Waals surface area contributed by atoms with Crippen molar-refractivity contribution in [3.63, 3.8) is 0 Å². The molecule has 1 aliphatic heterocycles. The minimum atomic E-state index is -1.01. The molecule has 0 bridgehead atoms. The van der Waals surface area contributed by atoms with Crippen LogP contribution in [0.5, 0.6) is 0 Å². The van der Waals surface area contributed by atoms with Gasteiger partial charge in [0.2, 0.25) is 12.0 Å². The molecule has 2 aromatic carbocycles. The zero-order chi connectivity index (χ0) is 19.4. The second-order valence-corrected chi connectivity index (χ2v) is 6.62. The Kier molecular flexibility index (Phi) is 5.54. The normalized spacial score (nSPS) is 14.7. The van der Waals surface area contributed by atoms with Gasteiger partial charge in [0.25, 0.3) is 5.91 Å². The molecule has 140 valence electrons. The quantitative estimate of drug-likeness (QED) is 0.763. The molecule has 0 N–H and O–H groups in total. The van der Waals surface area contributed by atoms with E-state index in [0.717, 1.165) is 12.1 Å². The molecule has 1 aliphatic rings. The predicted molar refractivity (Wildman–Crippen MR) is 101 cm³/mol. The van der Waals surface area contributed by atoms with E-state index in [0.29, 0.717) is 24.1 Å². The molecule has 3 rings (SSSR count). The predicted octanol–water partition coefficient (Wildman–Crippen LogP) is 2.80. The average molecular weight is 366 g/mol. The number of hydrogen-bond donors (Lipinski definition) is 0. The Morgan fingerprint density at radius 2 is 1.70 bits per heavy atom. The zero-order valence-electron chi connectivity index (χ0n) is 15.4. The summed E-state index contributed by atoms with van der Waals surface area (Å²) in [5.74, 6) is -0.807. The van der Waals surface area contributed by atoms with E-state index in [2.05, 4.69) is 0 Å². The van der Waals surface area contributed by atoms with Crippen molar-refractivity contribution < 1.29 is 19.1 Å². The van der Waals surface area contributed by atoms with Gasteiger partial charge in [0.1, 0.15) is 0 Å². The molecule has 1 fully saturated rings. The van der Waals surface area contributed by atoms with Crippen molar-refractivity contribution >= 4 is 23.5 Å². The van der Waals surface area contributed by atoms with Crippen molar-refractivity contribution in [2.24, 2.45) is 0 Å². The van der Waals surface area contributed by atoms with E-state index in [9.17, 15) is 14.4 Å². The van der Waals surface area contributed by atoms with Crippen LogP contribution in [-0.4, -0.2) is 43.3 Å². The number of hydrogen-bond acceptors (Lipinski definition) is 4. The van der Waals surface area contributed by atoms with Crippen molar-refractivity contribution in [3.8, 4) is 0 Å². The zero-order valence-corrected chi connectivity index (χ0v) is 15.4. The smallest absolute Gasteiger partial charge is 0.339 e. The van der Waals surface area contributed by atoms with Gasteiger partial charge in [0.15, 0.2) is 0 Å². The van der Waals surface area contributed by atoms with Crippen LogP contribution in [0.25, 0.3) is 0 Å². The highest BCUT2D eigenvalue weighted by Gasteiger charge is 2.27. The number of ether oxygens (including phenoxy) is 1. The Hall–Kier alpha value is -3.15. The van der Waals surface area contributed by atoms with Gasteiger partial charge in [-0.3, -0.25) is 9.59 Å². The number of rotatable bonds is 5. The third-order valence-electron chi connectivity index (χ3n) is 4.48. The van der Waals surface area contributed by atoms with Gasteiger partial charge in [-0.2, -0.15) is 0 Å². The van der Waals surface area contributed by atoms with Gasteiger partial charge in [-0.25, -0.2) is 4.79 Å². The highest BCUT2D eigenvalue weighted by Crippen LogP contribution is 2.24. The number of esters is 1. The van der Waals surface area contributed by atoms with Gasteiger partial charge < -0.3 is 14.5 Å². The molecule has 0 saturated carbocycles. The molecule has 2 aromatic rings. The average Bonchev–Trinajstić information content (AvgIpc) is 3.12. The van der Waals surface area contributed by atoms with Gasteiger partial charge in [-0.1, -0.05) is 30.3 Å². The van der Waals surface area contributed by atoms with Crippen LogP contribution < -0.4 is 4.90 Å². The van der Waals surface area contributed by atoms with Gasteiger partial charge in [0, 0.05) is 38.3 Å². The number of carbonyl (C=O) groups excluding carboxylic acids is 3. The summed E-state index contributed by atoms with van der Waals surface area (Å²) in [5.41, 5.74) is 1.71. The Balaban J connectivity index is 1.77. The van der Waals surface area contributed by atoms with Crippen LogP contribution in [0.15, 0.2) is 54.6 Å². The number of nitrogens with zero attached hydrogens (tertiary/aromatic N) is 2. The van der Waals surface area contributed by atoms with E-state index in [1.807, 2.05) is 6.07 Å². The van der Waals surface area contributed by atoms with Crippen LogP contribution in [0.2, 0.25) is 0 Å². The summed E-state index contributed by atoms with van der Waals surface area (Å²) in [5, 5.41) is 0. The molecule has 6 heteroatoms. The second kappa shape index (κ2) is 8.03. The van der Waals surface area contributed by atoms with Crippen LogP contribution in [0.1, 0.15) is 34.9 Å². The third kappa shape index (κ3) is 4.16. The molecular formula is C21H22N2O4. The minimum Gasteiger partial charge on any atom is -0.444 e. The number of amides is 2. The first-order valence-corrected chi connectivity index (χ1v) is 8.85. The maximum absolute atomic E-state index is 12.6. The molecule has 2 amide bonds. The molecule has 0 unspecified atom stereocenters. The van der Waals surface area contributed by atoms with E-state index >= 15 is 0 Å². The highest BCUT2D eigenvalue weighted by atomic mass is 16.5. The van der Waals surface area contributed by atoms with E-state index in [1.165, 1.54) is 4.90 Å². The lowest BCUT2D eigenvalue weighted by atomic mass is 10.1. The molecule has 27 heavy (non-hydrogen) atoms. The molecular weight excluding hydrogens is 344 g/mol. The van der Waals surface area contributed by atoms with Crippen LogP contribution in [0, 0.1) is 0 Å². The number of anilines is 1. The first-order chi connectivity index (χ1) is 13.0. The topological polar surface area (TPSA) is 66.9 Å². The fourth-order valence-electron chi connectivity index (χ4n) is 3.00. The molecule has 1 atom stereocenters. The lowest BCUT2D eigenvalue weighted by Crippen LogP contribution is -2.31. The summed E-state index contributed by atoms with van der Waals surface area (Å²) in [6, 6.07) is 15.6. The molecule has 0 aliphatic carbocycles. The van der Waals surface area contributed by atoms with Crippen molar-refractivity contribution in [1.29, 1.82) is 0 Å². The molecule has 0 spiro atoms. The van der Waals surface area contributed by atoms with Crippen LogP contribution in [0.3, 0.4) is 0 Å². The minimum absolute atomic E-state index is 0.0889. The summed E-state index contributed by atoms with van der Waals surface area (Å²) >= 11 is 0. The Morgan fingerprint density at radius 3 is 2.26 bits per heavy atom. The van der Waals surface area contributed by atoms with Crippen LogP contribution >= 0.6 is 0 Å². The first kappa shape index (κ1) is 18.6. The summed E-state index contributed by atoms with van der Waals surface area (Å²) in [6.45, 7) is 0.691. The Labute approximate surface area is 158 Å². The van der Waals surface area contributed by atoms with E-state index in [1.54, 1.807) is 67.5 Å². The van der Waals surface area contributed by atoms with E-state index in [4.69, 9.17) is 4.74 Å². The standard InChI is InChI=1S/C21H22N2O4/c1-22(2)20(25)19(15-7-4-3-5-8-15)27-21(26)16-10-12-17(13-11-16)23-14-6-9-18(23)24/h3-5,7-8,10-13,19H,6,9,14H2,1-2H3/t19-/m1/s1. The SMILES string of the molecule is CN(C)C(=O)[C@H](OC(=O)c1ccc(N2CCCC2=O)cc1)c1ccccc1. The Bertz CT molecular complexity index is 831. The monoisotopic (exact) mass is 366 g/mol. The lowest BCUT2D eigenvalue weighted by molar-refractivity contribution is -0.138. The fourth-order valence-corrected chi connectivity index (χ4v) is 3.00. The summed E-state index contributed by atoms with van der Waals surface area (Å²) < 4.78 is 5.52. The third-order valence-corrected chi connectivity index (χ3v) is 4.48. The summed E-state index contributed by atoms with van der Waals surface area (Å²) in [4.78, 5) is 40.0. The molecule has 6 nitrogen and oxygen atoms in total.